The van der Waals surface area contributed by atoms with Crippen molar-refractivity contribution in [1.82, 2.24) is 4.98 Å². The second-order valence-corrected chi connectivity index (χ2v) is 13.3. The average Bonchev–Trinajstić information content (AvgIpc) is 3.27. The van der Waals surface area contributed by atoms with Gasteiger partial charge in [0.15, 0.2) is 0 Å². The van der Waals surface area contributed by atoms with Crippen LogP contribution in [0.4, 0.5) is 42.2 Å². The van der Waals surface area contributed by atoms with Crippen LogP contribution in [0, 0.1) is 12.7 Å². The Labute approximate surface area is 249 Å². The largest absolute Gasteiger partial charge is 0.416 e. The molecular formula is C31H30F7N3OS. The second kappa shape index (κ2) is 11.0. The Hall–Kier alpha value is -3.28. The predicted octanol–water partition coefficient (Wildman–Crippen LogP) is 8.26. The summed E-state index contributed by atoms with van der Waals surface area (Å²) in [6.07, 6.45) is -6.39. The molecule has 2 aliphatic rings. The number of benzene rings is 2. The van der Waals surface area contributed by atoms with Crippen LogP contribution in [-0.4, -0.2) is 41.5 Å². The molecule has 1 amide bonds. The van der Waals surface area contributed by atoms with Gasteiger partial charge in [-0.05, 0) is 86.7 Å². The Kier molecular flexibility index (Phi) is 7.98. The van der Waals surface area contributed by atoms with Crippen molar-refractivity contribution >= 4 is 29.2 Å². The second-order valence-electron chi connectivity index (χ2n) is 11.7. The third-order valence-electron chi connectivity index (χ3n) is 8.22. The van der Waals surface area contributed by atoms with Crippen LogP contribution >= 0.6 is 11.8 Å². The molecular weight excluding hydrogens is 595 g/mol. The monoisotopic (exact) mass is 625 g/mol. The van der Waals surface area contributed by atoms with Gasteiger partial charge in [-0.3, -0.25) is 4.79 Å². The number of hydrogen-bond donors (Lipinski definition) is 0. The van der Waals surface area contributed by atoms with E-state index in [1.165, 1.54) is 44.1 Å². The molecule has 2 aromatic carbocycles. The van der Waals surface area contributed by atoms with Gasteiger partial charge < -0.3 is 9.80 Å². The topological polar surface area (TPSA) is 36.4 Å². The first-order valence-electron chi connectivity index (χ1n) is 13.7. The fraction of sp³-hybridized carbons (Fsp3) is 0.419. The molecule has 1 aromatic heterocycles. The van der Waals surface area contributed by atoms with Gasteiger partial charge in [0.1, 0.15) is 11.6 Å². The van der Waals surface area contributed by atoms with Crippen LogP contribution in [0.5, 0.6) is 0 Å². The number of carbonyl (C=O) groups is 1. The summed E-state index contributed by atoms with van der Waals surface area (Å²) in [7, 11) is 1.40. The highest BCUT2D eigenvalue weighted by atomic mass is 32.2. The van der Waals surface area contributed by atoms with Crippen molar-refractivity contribution in [3.8, 4) is 11.1 Å². The number of nitrogens with zero attached hydrogens (tertiary/aromatic N) is 3. The molecule has 2 bridgehead atoms. The van der Waals surface area contributed by atoms with Crippen LogP contribution in [0.3, 0.4) is 0 Å². The molecule has 2 saturated heterocycles. The summed E-state index contributed by atoms with van der Waals surface area (Å²) in [6.45, 7) is 5.89. The van der Waals surface area contributed by atoms with E-state index in [1.54, 1.807) is 13.0 Å². The van der Waals surface area contributed by atoms with E-state index in [4.69, 9.17) is 0 Å². The summed E-state index contributed by atoms with van der Waals surface area (Å²) >= 11 is 1.97. The van der Waals surface area contributed by atoms with E-state index in [1.807, 2.05) is 17.8 Å². The number of thioether (sulfide) groups is 1. The standard InChI is InChI=1S/C31H30F7N3OS/c1-17-9-21(32)5-8-24(17)25-13-27(41-15-22-6-7-23(16-41)43-22)39-14-26(25)40(4)28(42)29(2,3)18-10-19(30(33,34)35)12-20(11-18)31(36,37)38/h5,8-14,22-23H,6-7,15-16H2,1-4H3/t22-,23+. The molecule has 0 spiro atoms. The van der Waals surface area contributed by atoms with Gasteiger partial charge in [0.2, 0.25) is 5.91 Å². The normalized spacial score (nSPS) is 19.1. The zero-order chi connectivity index (χ0) is 31.5. The minimum Gasteiger partial charge on any atom is -0.354 e. The lowest BCUT2D eigenvalue weighted by Crippen LogP contribution is -2.42. The van der Waals surface area contributed by atoms with E-state index < -0.39 is 46.2 Å². The van der Waals surface area contributed by atoms with Gasteiger partial charge in [-0.1, -0.05) is 6.07 Å². The Bertz CT molecular complexity index is 1510. The number of hydrogen-bond acceptors (Lipinski definition) is 4. The summed E-state index contributed by atoms with van der Waals surface area (Å²) < 4.78 is 95.6. The van der Waals surface area contributed by atoms with Crippen LogP contribution in [0.25, 0.3) is 11.1 Å². The molecule has 0 aliphatic carbocycles. The van der Waals surface area contributed by atoms with Crippen LogP contribution in [0.15, 0.2) is 48.7 Å². The highest BCUT2D eigenvalue weighted by molar-refractivity contribution is 8.00. The number of aromatic nitrogens is 1. The van der Waals surface area contributed by atoms with Gasteiger partial charge in [0, 0.05) is 36.2 Å². The van der Waals surface area contributed by atoms with Crippen LogP contribution in [0.1, 0.15) is 48.9 Å². The van der Waals surface area contributed by atoms with Crippen molar-refractivity contribution in [2.24, 2.45) is 0 Å². The molecule has 0 N–H and O–H groups in total. The first-order valence-corrected chi connectivity index (χ1v) is 14.6. The van der Waals surface area contributed by atoms with Crippen LogP contribution < -0.4 is 9.80 Å². The molecule has 2 aliphatic heterocycles. The molecule has 43 heavy (non-hydrogen) atoms. The Morgan fingerprint density at radius 2 is 1.44 bits per heavy atom. The maximum absolute atomic E-state index is 14.0. The molecule has 2 atom stereocenters. The van der Waals surface area contributed by atoms with E-state index in [9.17, 15) is 35.5 Å². The van der Waals surface area contributed by atoms with E-state index >= 15 is 0 Å². The third-order valence-corrected chi connectivity index (χ3v) is 9.76. The lowest BCUT2D eigenvalue weighted by Gasteiger charge is -2.34. The summed E-state index contributed by atoms with van der Waals surface area (Å²) in [5.74, 6) is -0.521. The fourth-order valence-electron chi connectivity index (χ4n) is 5.79. The first-order chi connectivity index (χ1) is 19.9. The lowest BCUT2D eigenvalue weighted by molar-refractivity contribution is -0.143. The molecule has 3 aromatic rings. The minimum absolute atomic E-state index is 0.0388. The summed E-state index contributed by atoms with van der Waals surface area (Å²) in [5, 5.41) is 0.964. The molecule has 0 unspecified atom stereocenters. The van der Waals surface area contributed by atoms with Gasteiger partial charge in [-0.25, -0.2) is 9.37 Å². The zero-order valence-electron chi connectivity index (χ0n) is 23.9. The average molecular weight is 626 g/mol. The maximum atomic E-state index is 14.0. The van der Waals surface area contributed by atoms with Gasteiger partial charge in [-0.2, -0.15) is 38.1 Å². The van der Waals surface area contributed by atoms with E-state index in [2.05, 4.69) is 9.88 Å². The van der Waals surface area contributed by atoms with E-state index in [0.29, 0.717) is 45.1 Å². The molecule has 0 radical (unpaired) electrons. The number of fused-ring (bicyclic) bond motifs is 2. The fourth-order valence-corrected chi connectivity index (χ4v) is 7.41. The van der Waals surface area contributed by atoms with Crippen molar-refractivity contribution in [3.05, 3.63) is 76.7 Å². The Balaban J connectivity index is 1.58. The molecule has 2 fully saturated rings. The highest BCUT2D eigenvalue weighted by Gasteiger charge is 2.41. The molecule has 4 nitrogen and oxygen atoms in total. The molecule has 5 rings (SSSR count). The first kappa shape index (κ1) is 31.2. The Morgan fingerprint density at radius 1 is 0.884 bits per heavy atom. The zero-order valence-corrected chi connectivity index (χ0v) is 24.7. The van der Waals surface area contributed by atoms with Gasteiger partial charge in [0.05, 0.1) is 28.4 Å². The van der Waals surface area contributed by atoms with Gasteiger partial charge in [0.25, 0.3) is 0 Å². The number of halogens is 7. The SMILES string of the molecule is Cc1cc(F)ccc1-c1cc(N2C[C@H]3CC[C@@H](C2)S3)ncc1N(C)C(=O)C(C)(C)c1cc(C(F)(F)F)cc(C(F)(F)F)c1. The summed E-state index contributed by atoms with van der Waals surface area (Å²) in [5.41, 5.74) is -3.20. The van der Waals surface area contributed by atoms with E-state index in [-0.39, 0.29) is 11.8 Å². The summed E-state index contributed by atoms with van der Waals surface area (Å²) in [6, 6.07) is 7.23. The van der Waals surface area contributed by atoms with Crippen molar-refractivity contribution in [2.75, 3.05) is 29.9 Å². The third kappa shape index (κ3) is 6.21. The molecule has 3 heterocycles. The van der Waals surface area contributed by atoms with E-state index in [0.717, 1.165) is 25.9 Å². The maximum Gasteiger partial charge on any atom is 0.416 e. The summed E-state index contributed by atoms with van der Waals surface area (Å²) in [4.78, 5) is 22.0. The quantitative estimate of drug-likeness (QED) is 0.268. The lowest BCUT2D eigenvalue weighted by atomic mass is 9.81. The predicted molar refractivity (Wildman–Crippen MR) is 154 cm³/mol. The number of pyridine rings is 1. The van der Waals surface area contributed by atoms with Crippen LogP contribution in [0.2, 0.25) is 0 Å². The van der Waals surface area contributed by atoms with Gasteiger partial charge >= 0.3 is 12.4 Å². The molecule has 230 valence electrons. The highest BCUT2D eigenvalue weighted by Crippen LogP contribution is 2.43. The van der Waals surface area contributed by atoms with Crippen molar-refractivity contribution < 1.29 is 35.5 Å². The van der Waals surface area contributed by atoms with Crippen LogP contribution in [-0.2, 0) is 22.6 Å². The number of alkyl halides is 6. The number of likely N-dealkylation sites (N-methyl/N-ethyl adjacent to an activating group) is 1. The van der Waals surface area contributed by atoms with Crippen molar-refractivity contribution in [3.63, 3.8) is 0 Å². The van der Waals surface area contributed by atoms with Crippen molar-refractivity contribution in [1.29, 1.82) is 0 Å². The number of amides is 1. The van der Waals surface area contributed by atoms with Gasteiger partial charge in [-0.15, -0.1) is 0 Å². The number of carbonyl (C=O) groups excluding carboxylic acids is 1. The molecule has 12 heteroatoms. The number of aryl methyl sites for hydroxylation is 1. The Morgan fingerprint density at radius 3 is 1.98 bits per heavy atom. The number of anilines is 2. The molecule has 0 saturated carbocycles. The minimum atomic E-state index is -5.06. The smallest absolute Gasteiger partial charge is 0.354 e. The number of rotatable bonds is 5. The van der Waals surface area contributed by atoms with Crippen molar-refractivity contribution in [2.45, 2.75) is 61.9 Å².